The van der Waals surface area contributed by atoms with Gasteiger partial charge in [-0.05, 0) is 37.5 Å². The molecular weight excluding hydrogens is 422 g/mol. The molecule has 174 valence electrons. The normalized spacial score (nSPS) is 38.5. The second kappa shape index (κ2) is 6.47. The van der Waals surface area contributed by atoms with Gasteiger partial charge in [0.2, 0.25) is 0 Å². The molecule has 0 radical (unpaired) electrons. The summed E-state index contributed by atoms with van der Waals surface area (Å²) in [7, 11) is 0. The Kier molecular flexibility index (Phi) is 4.10. The van der Waals surface area contributed by atoms with Gasteiger partial charge in [0.1, 0.15) is 6.10 Å². The summed E-state index contributed by atoms with van der Waals surface area (Å²) in [5.41, 5.74) is 2.40. The summed E-state index contributed by atoms with van der Waals surface area (Å²) in [4.78, 5) is 30.1. The molecule has 0 amide bonds. The average molecular weight is 452 g/mol. The number of esters is 2. The van der Waals surface area contributed by atoms with E-state index in [0.717, 1.165) is 29.7 Å². The number of aliphatic hydroxyl groups excluding tert-OH is 1. The maximum Gasteiger partial charge on any atom is 0.307 e. The van der Waals surface area contributed by atoms with Gasteiger partial charge in [-0.3, -0.25) is 14.6 Å². The number of pyridine rings is 1. The SMILES string of the molecule is CC1(C)[C@@H](O)c2cc3c(nc2[C@@]2(C)OC(=O)C[C@@H]12)CC[C@]1(C)[C@H]3CC(=O)O[C@H]1c1ccoc1. The maximum atomic E-state index is 12.7. The van der Waals surface area contributed by atoms with Gasteiger partial charge in [0.05, 0.1) is 37.2 Å². The third-order valence-electron chi connectivity index (χ3n) is 9.03. The molecule has 6 atom stereocenters. The topological polar surface area (TPSA) is 98.9 Å². The molecule has 0 aromatic carbocycles. The lowest BCUT2D eigenvalue weighted by Crippen LogP contribution is -2.49. The summed E-state index contributed by atoms with van der Waals surface area (Å²) in [5.74, 6) is -0.741. The van der Waals surface area contributed by atoms with Gasteiger partial charge >= 0.3 is 11.9 Å². The highest BCUT2D eigenvalue weighted by molar-refractivity contribution is 5.74. The summed E-state index contributed by atoms with van der Waals surface area (Å²) in [6.07, 6.45) is 4.13. The van der Waals surface area contributed by atoms with E-state index in [1.54, 1.807) is 12.5 Å². The van der Waals surface area contributed by atoms with Gasteiger partial charge in [-0.2, -0.15) is 0 Å². The van der Waals surface area contributed by atoms with Crippen LogP contribution in [-0.4, -0.2) is 22.0 Å². The lowest BCUT2D eigenvalue weighted by Gasteiger charge is -2.51. The summed E-state index contributed by atoms with van der Waals surface area (Å²) in [6.45, 7) is 8.07. The van der Waals surface area contributed by atoms with Crippen molar-refractivity contribution in [1.29, 1.82) is 0 Å². The maximum absolute atomic E-state index is 12.7. The number of furan rings is 1. The Hall–Kier alpha value is -2.67. The quantitative estimate of drug-likeness (QED) is 0.647. The molecule has 2 aliphatic heterocycles. The van der Waals surface area contributed by atoms with Crippen molar-refractivity contribution in [1.82, 2.24) is 4.98 Å². The van der Waals surface area contributed by atoms with E-state index < -0.39 is 23.2 Å². The Labute approximate surface area is 192 Å². The zero-order chi connectivity index (χ0) is 23.3. The van der Waals surface area contributed by atoms with Gasteiger partial charge < -0.3 is 19.0 Å². The zero-order valence-electron chi connectivity index (χ0n) is 19.4. The first-order valence-electron chi connectivity index (χ1n) is 11.7. The van der Waals surface area contributed by atoms with E-state index in [1.807, 2.05) is 32.9 Å². The van der Waals surface area contributed by atoms with Crippen LogP contribution in [-0.2, 0) is 31.1 Å². The van der Waals surface area contributed by atoms with Crippen LogP contribution in [0.1, 0.15) is 93.2 Å². The first kappa shape index (κ1) is 20.9. The number of carbonyl (C=O) groups excluding carboxylic acids is 2. The van der Waals surface area contributed by atoms with Crippen molar-refractivity contribution in [3.05, 3.63) is 52.7 Å². The Bertz CT molecular complexity index is 1170. The van der Waals surface area contributed by atoms with Crippen LogP contribution in [0.15, 0.2) is 29.1 Å². The third-order valence-corrected chi connectivity index (χ3v) is 9.03. The van der Waals surface area contributed by atoms with E-state index in [-0.39, 0.29) is 42.0 Å². The molecule has 0 spiro atoms. The van der Waals surface area contributed by atoms with Crippen LogP contribution in [0.25, 0.3) is 0 Å². The minimum absolute atomic E-state index is 0.0906. The Balaban J connectivity index is 1.51. The van der Waals surface area contributed by atoms with Crippen LogP contribution in [0.5, 0.6) is 0 Å². The molecule has 2 fully saturated rings. The minimum Gasteiger partial charge on any atom is -0.472 e. The standard InChI is InChI=1S/C26H29NO6/c1-24(2)18-11-20(29)33-26(18,4)21-15(22(24)30)9-14-16-10-19(28)32-23(13-6-8-31-12-13)25(16,3)7-5-17(14)27-21/h6,8-9,12,16,18,22-23,30H,5,7,10-11H2,1-4H3/t16-,18-,22-,23-,25+,26-/m0/s1. The van der Waals surface area contributed by atoms with Crippen LogP contribution in [0.2, 0.25) is 0 Å². The van der Waals surface area contributed by atoms with E-state index >= 15 is 0 Å². The van der Waals surface area contributed by atoms with Gasteiger partial charge in [0, 0.05) is 39.5 Å². The van der Waals surface area contributed by atoms with Crippen molar-refractivity contribution in [3.8, 4) is 0 Å². The highest BCUT2D eigenvalue weighted by Crippen LogP contribution is 2.62. The number of ether oxygens (including phenoxy) is 2. The number of fused-ring (bicyclic) bond motifs is 6. The molecule has 4 aliphatic rings. The predicted molar refractivity (Wildman–Crippen MR) is 116 cm³/mol. The molecule has 6 rings (SSSR count). The summed E-state index contributed by atoms with van der Waals surface area (Å²) in [6, 6.07) is 3.89. The highest BCUT2D eigenvalue weighted by atomic mass is 16.6. The largest absolute Gasteiger partial charge is 0.472 e. The second-order valence-corrected chi connectivity index (χ2v) is 11.2. The molecule has 2 aliphatic carbocycles. The Morgan fingerprint density at radius 3 is 2.61 bits per heavy atom. The fraction of sp³-hybridized carbons (Fsp3) is 0.577. The smallest absolute Gasteiger partial charge is 0.307 e. The molecule has 0 bridgehead atoms. The molecule has 2 saturated heterocycles. The van der Waals surface area contributed by atoms with Crippen LogP contribution >= 0.6 is 0 Å². The lowest BCUT2D eigenvalue weighted by atomic mass is 9.57. The van der Waals surface area contributed by atoms with Crippen LogP contribution in [0.3, 0.4) is 0 Å². The molecule has 0 unspecified atom stereocenters. The fourth-order valence-corrected chi connectivity index (χ4v) is 7.11. The van der Waals surface area contributed by atoms with Crippen molar-refractivity contribution in [2.75, 3.05) is 0 Å². The van der Waals surface area contributed by atoms with Gasteiger partial charge in [-0.25, -0.2) is 0 Å². The molecular formula is C26H29NO6. The van der Waals surface area contributed by atoms with E-state index in [1.165, 1.54) is 0 Å². The number of rotatable bonds is 1. The predicted octanol–water partition coefficient (Wildman–Crippen LogP) is 4.25. The number of hydrogen-bond acceptors (Lipinski definition) is 7. The number of carbonyl (C=O) groups is 2. The van der Waals surface area contributed by atoms with Crippen molar-refractivity contribution >= 4 is 11.9 Å². The molecule has 4 heterocycles. The Morgan fingerprint density at radius 1 is 1.09 bits per heavy atom. The van der Waals surface area contributed by atoms with Gasteiger partial charge in [0.15, 0.2) is 5.60 Å². The first-order chi connectivity index (χ1) is 15.6. The van der Waals surface area contributed by atoms with Crippen LogP contribution < -0.4 is 0 Å². The molecule has 1 N–H and O–H groups in total. The third kappa shape index (κ3) is 2.63. The first-order valence-corrected chi connectivity index (χ1v) is 11.7. The molecule has 33 heavy (non-hydrogen) atoms. The minimum atomic E-state index is -0.865. The Morgan fingerprint density at radius 2 is 1.88 bits per heavy atom. The van der Waals surface area contributed by atoms with Gasteiger partial charge in [0.25, 0.3) is 0 Å². The highest BCUT2D eigenvalue weighted by Gasteiger charge is 2.62. The lowest BCUT2D eigenvalue weighted by molar-refractivity contribution is -0.171. The van der Waals surface area contributed by atoms with E-state index in [2.05, 4.69) is 6.92 Å². The molecule has 2 aromatic heterocycles. The van der Waals surface area contributed by atoms with E-state index in [9.17, 15) is 14.7 Å². The van der Waals surface area contributed by atoms with Crippen molar-refractivity contribution in [3.63, 3.8) is 0 Å². The summed E-state index contributed by atoms with van der Waals surface area (Å²) in [5, 5.41) is 11.4. The van der Waals surface area contributed by atoms with E-state index in [4.69, 9.17) is 18.9 Å². The van der Waals surface area contributed by atoms with Crippen molar-refractivity contribution < 1.29 is 28.6 Å². The molecule has 7 heteroatoms. The zero-order valence-corrected chi connectivity index (χ0v) is 19.4. The van der Waals surface area contributed by atoms with Crippen molar-refractivity contribution in [2.45, 2.75) is 77.1 Å². The van der Waals surface area contributed by atoms with Gasteiger partial charge in [-0.15, -0.1) is 0 Å². The monoisotopic (exact) mass is 451 g/mol. The average Bonchev–Trinajstić information content (AvgIpc) is 3.40. The summed E-state index contributed by atoms with van der Waals surface area (Å²) >= 11 is 0. The number of cyclic esters (lactones) is 1. The molecule has 0 saturated carbocycles. The van der Waals surface area contributed by atoms with Crippen molar-refractivity contribution in [2.24, 2.45) is 16.7 Å². The molecule has 2 aromatic rings. The fourth-order valence-electron chi connectivity index (χ4n) is 7.11. The number of aryl methyl sites for hydroxylation is 1. The number of nitrogens with zero attached hydrogens (tertiary/aromatic N) is 1. The van der Waals surface area contributed by atoms with Gasteiger partial charge in [-0.1, -0.05) is 20.8 Å². The number of hydrogen-bond donors (Lipinski definition) is 1. The molecule has 7 nitrogen and oxygen atoms in total. The van der Waals surface area contributed by atoms with Crippen LogP contribution in [0, 0.1) is 16.7 Å². The number of aliphatic hydroxyl groups is 1. The van der Waals surface area contributed by atoms with Crippen LogP contribution in [0.4, 0.5) is 0 Å². The van der Waals surface area contributed by atoms with E-state index in [0.29, 0.717) is 11.3 Å². The second-order valence-electron chi connectivity index (χ2n) is 11.2. The number of aromatic nitrogens is 1. The summed E-state index contributed by atoms with van der Waals surface area (Å²) < 4.78 is 17.0.